The summed E-state index contributed by atoms with van der Waals surface area (Å²) in [6.07, 6.45) is 0. The average molecular weight is 244 g/mol. The van der Waals surface area contributed by atoms with Gasteiger partial charge >= 0.3 is 5.97 Å². The van der Waals surface area contributed by atoms with Crippen LogP contribution in [0.5, 0.6) is 5.75 Å². The van der Waals surface area contributed by atoms with Crippen LogP contribution < -0.4 is 4.74 Å². The van der Waals surface area contributed by atoms with E-state index in [1.807, 2.05) is 24.3 Å². The van der Waals surface area contributed by atoms with Gasteiger partial charge in [0, 0.05) is 0 Å². The molecule has 18 heavy (non-hydrogen) atoms. The molecule has 0 saturated heterocycles. The van der Waals surface area contributed by atoms with Crippen molar-refractivity contribution >= 4 is 22.5 Å². The van der Waals surface area contributed by atoms with Gasteiger partial charge in [0.2, 0.25) is 0 Å². The molecular formula is C14H12O4. The van der Waals surface area contributed by atoms with E-state index in [-0.39, 0.29) is 5.78 Å². The Balaban J connectivity index is 2.55. The van der Waals surface area contributed by atoms with Crippen LogP contribution in [-0.2, 0) is 4.79 Å². The molecule has 2 rings (SSSR count). The summed E-state index contributed by atoms with van der Waals surface area (Å²) in [5, 5.41) is 10.3. The van der Waals surface area contributed by atoms with Crippen LogP contribution in [0.4, 0.5) is 0 Å². The number of carboxylic acid groups (broad SMARTS) is 1. The Kier molecular flexibility index (Phi) is 3.28. The second-order valence-corrected chi connectivity index (χ2v) is 3.90. The van der Waals surface area contributed by atoms with E-state index in [1.165, 1.54) is 6.92 Å². The molecule has 0 fully saturated rings. The molecule has 0 amide bonds. The number of carbonyl (C=O) groups excluding carboxylic acids is 1. The molecule has 0 aliphatic carbocycles. The normalized spacial score (nSPS) is 10.3. The lowest BCUT2D eigenvalue weighted by Gasteiger charge is -2.10. The van der Waals surface area contributed by atoms with Crippen LogP contribution in [0.1, 0.15) is 17.3 Å². The van der Waals surface area contributed by atoms with Crippen LogP contribution in [0.15, 0.2) is 36.4 Å². The monoisotopic (exact) mass is 244 g/mol. The van der Waals surface area contributed by atoms with Gasteiger partial charge in [0.15, 0.2) is 12.4 Å². The molecule has 2 aromatic carbocycles. The molecule has 0 atom stereocenters. The first kappa shape index (κ1) is 12.1. The van der Waals surface area contributed by atoms with E-state index in [4.69, 9.17) is 9.84 Å². The van der Waals surface area contributed by atoms with E-state index in [0.29, 0.717) is 11.3 Å². The standard InChI is InChI=1S/C14H12O4/c1-9(15)14-11-5-3-2-4-10(11)6-7-12(14)18-8-13(16)17/h2-7H,8H2,1H3,(H,16,17). The lowest BCUT2D eigenvalue weighted by Crippen LogP contribution is -2.11. The minimum Gasteiger partial charge on any atom is -0.481 e. The second kappa shape index (κ2) is 4.87. The zero-order valence-corrected chi connectivity index (χ0v) is 9.84. The minimum atomic E-state index is -1.07. The molecule has 0 heterocycles. The summed E-state index contributed by atoms with van der Waals surface area (Å²) in [6.45, 7) is 0.980. The second-order valence-electron chi connectivity index (χ2n) is 3.90. The fourth-order valence-electron chi connectivity index (χ4n) is 1.87. The topological polar surface area (TPSA) is 63.6 Å². The number of hydrogen-bond acceptors (Lipinski definition) is 3. The molecule has 0 bridgehead atoms. The number of fused-ring (bicyclic) bond motifs is 1. The molecule has 0 unspecified atom stereocenters. The van der Waals surface area contributed by atoms with Crippen LogP contribution in [0.3, 0.4) is 0 Å². The molecule has 0 radical (unpaired) electrons. The highest BCUT2D eigenvalue weighted by Crippen LogP contribution is 2.28. The van der Waals surface area contributed by atoms with Crippen molar-refractivity contribution in [3.63, 3.8) is 0 Å². The van der Waals surface area contributed by atoms with Gasteiger partial charge in [-0.3, -0.25) is 4.79 Å². The predicted octanol–water partition coefficient (Wildman–Crippen LogP) is 2.51. The molecule has 0 aliphatic heterocycles. The molecule has 4 nitrogen and oxygen atoms in total. The van der Waals surface area contributed by atoms with Gasteiger partial charge in [-0.05, 0) is 23.8 Å². The van der Waals surface area contributed by atoms with Crippen molar-refractivity contribution in [2.75, 3.05) is 6.61 Å². The van der Waals surface area contributed by atoms with E-state index in [0.717, 1.165) is 10.8 Å². The third kappa shape index (κ3) is 2.32. The Bertz CT molecular complexity index is 616. The minimum absolute atomic E-state index is 0.146. The molecule has 1 N–H and O–H groups in total. The van der Waals surface area contributed by atoms with E-state index in [1.54, 1.807) is 12.1 Å². The van der Waals surface area contributed by atoms with E-state index in [2.05, 4.69) is 0 Å². The fourth-order valence-corrected chi connectivity index (χ4v) is 1.87. The predicted molar refractivity (Wildman–Crippen MR) is 67.1 cm³/mol. The summed E-state index contributed by atoms with van der Waals surface area (Å²) in [4.78, 5) is 22.2. The smallest absolute Gasteiger partial charge is 0.341 e. The third-order valence-corrected chi connectivity index (χ3v) is 2.59. The highest BCUT2D eigenvalue weighted by Gasteiger charge is 2.13. The number of aliphatic carboxylic acids is 1. The summed E-state index contributed by atoms with van der Waals surface area (Å²) in [6, 6.07) is 10.9. The maximum atomic E-state index is 11.7. The Morgan fingerprint density at radius 2 is 1.89 bits per heavy atom. The van der Waals surface area contributed by atoms with Crippen LogP contribution in [0.2, 0.25) is 0 Å². The molecule has 4 heteroatoms. The molecule has 0 aromatic heterocycles. The van der Waals surface area contributed by atoms with Gasteiger partial charge in [-0.15, -0.1) is 0 Å². The Hall–Kier alpha value is -2.36. The summed E-state index contributed by atoms with van der Waals surface area (Å²) in [5.74, 6) is -0.909. The summed E-state index contributed by atoms with van der Waals surface area (Å²) >= 11 is 0. The van der Waals surface area contributed by atoms with Crippen LogP contribution in [0, 0.1) is 0 Å². The van der Waals surface area contributed by atoms with Crippen molar-refractivity contribution < 1.29 is 19.4 Å². The average Bonchev–Trinajstić information content (AvgIpc) is 2.35. The molecule has 0 aliphatic rings. The highest BCUT2D eigenvalue weighted by atomic mass is 16.5. The number of hydrogen-bond donors (Lipinski definition) is 1. The zero-order chi connectivity index (χ0) is 13.1. The number of carbonyl (C=O) groups is 2. The molecule has 0 saturated carbocycles. The van der Waals surface area contributed by atoms with Crippen LogP contribution in [-0.4, -0.2) is 23.5 Å². The molecule has 92 valence electrons. The van der Waals surface area contributed by atoms with Gasteiger partial charge in [-0.25, -0.2) is 4.79 Å². The van der Waals surface area contributed by atoms with E-state index < -0.39 is 12.6 Å². The first-order valence-corrected chi connectivity index (χ1v) is 5.47. The van der Waals surface area contributed by atoms with Gasteiger partial charge in [0.25, 0.3) is 0 Å². The molecule has 2 aromatic rings. The van der Waals surface area contributed by atoms with Gasteiger partial charge in [0.1, 0.15) is 5.75 Å². The van der Waals surface area contributed by atoms with Crippen molar-refractivity contribution in [1.29, 1.82) is 0 Å². The number of benzene rings is 2. The number of rotatable bonds is 4. The van der Waals surface area contributed by atoms with Gasteiger partial charge in [-0.2, -0.15) is 0 Å². The van der Waals surface area contributed by atoms with Crippen molar-refractivity contribution in [3.8, 4) is 5.75 Å². The summed E-state index contributed by atoms with van der Waals surface area (Å²) in [7, 11) is 0. The lowest BCUT2D eigenvalue weighted by atomic mass is 10.0. The Morgan fingerprint density at radius 3 is 2.56 bits per heavy atom. The Labute approximate surface area is 104 Å². The lowest BCUT2D eigenvalue weighted by molar-refractivity contribution is -0.139. The molecular weight excluding hydrogens is 232 g/mol. The Morgan fingerprint density at radius 1 is 1.17 bits per heavy atom. The maximum Gasteiger partial charge on any atom is 0.341 e. The first-order valence-electron chi connectivity index (χ1n) is 5.47. The number of ketones is 1. The highest BCUT2D eigenvalue weighted by molar-refractivity contribution is 6.09. The number of carboxylic acids is 1. The first-order chi connectivity index (χ1) is 8.59. The number of ether oxygens (including phenoxy) is 1. The van der Waals surface area contributed by atoms with Crippen LogP contribution >= 0.6 is 0 Å². The van der Waals surface area contributed by atoms with E-state index >= 15 is 0 Å². The quantitative estimate of drug-likeness (QED) is 0.839. The largest absolute Gasteiger partial charge is 0.481 e. The number of Topliss-reactive ketones (excluding diaryl/α,β-unsaturated/α-hetero) is 1. The fraction of sp³-hybridized carbons (Fsp3) is 0.143. The zero-order valence-electron chi connectivity index (χ0n) is 9.84. The third-order valence-electron chi connectivity index (χ3n) is 2.59. The SMILES string of the molecule is CC(=O)c1c(OCC(=O)O)ccc2ccccc12. The maximum absolute atomic E-state index is 11.7. The van der Waals surface area contributed by atoms with Crippen molar-refractivity contribution in [1.82, 2.24) is 0 Å². The van der Waals surface area contributed by atoms with Crippen molar-refractivity contribution in [2.45, 2.75) is 6.92 Å². The van der Waals surface area contributed by atoms with Gasteiger partial charge in [-0.1, -0.05) is 30.3 Å². The molecule has 0 spiro atoms. The summed E-state index contributed by atoms with van der Waals surface area (Å²) < 4.78 is 5.15. The summed E-state index contributed by atoms with van der Waals surface area (Å²) in [5.41, 5.74) is 0.425. The van der Waals surface area contributed by atoms with Crippen molar-refractivity contribution in [3.05, 3.63) is 42.0 Å². The van der Waals surface area contributed by atoms with Crippen LogP contribution in [0.25, 0.3) is 10.8 Å². The van der Waals surface area contributed by atoms with Crippen molar-refractivity contribution in [2.24, 2.45) is 0 Å². The van der Waals surface area contributed by atoms with Gasteiger partial charge < -0.3 is 9.84 Å². The van der Waals surface area contributed by atoms with E-state index in [9.17, 15) is 9.59 Å². The van der Waals surface area contributed by atoms with Gasteiger partial charge in [0.05, 0.1) is 5.56 Å².